The Bertz CT molecular complexity index is 3730. The summed E-state index contributed by atoms with van der Waals surface area (Å²) in [6.45, 7) is 43.4. The van der Waals surface area contributed by atoms with Crippen LogP contribution in [-0.4, -0.2) is 17.8 Å². The predicted molar refractivity (Wildman–Crippen MR) is 350 cm³/mol. The zero-order valence-corrected chi connectivity index (χ0v) is 52.6. The molecule has 0 aromatic heterocycles. The van der Waals surface area contributed by atoms with Crippen molar-refractivity contribution >= 4 is 80.0 Å². The molecule has 4 nitrogen and oxygen atoms in total. The summed E-state index contributed by atoms with van der Waals surface area (Å²) in [6.07, 6.45) is 9.64. The van der Waals surface area contributed by atoms with E-state index in [2.05, 4.69) is 272 Å². The molecular weight excluding hydrogens is 980 g/mol. The maximum Gasteiger partial charge on any atom is 0.252 e. The Morgan fingerprint density at radius 3 is 1.48 bits per heavy atom. The van der Waals surface area contributed by atoms with Gasteiger partial charge >= 0.3 is 0 Å². The predicted octanol–water partition coefficient (Wildman–Crippen LogP) is 19.1. The van der Waals surface area contributed by atoms with Crippen molar-refractivity contribution in [1.29, 1.82) is 0 Å². The molecule has 7 aromatic rings. The van der Waals surface area contributed by atoms with Crippen molar-refractivity contribution in [3.05, 3.63) is 172 Å². The Morgan fingerprint density at radius 2 is 0.864 bits per heavy atom. The summed E-state index contributed by atoms with van der Waals surface area (Å²) in [5.74, 6) is 0. The summed E-state index contributed by atoms with van der Waals surface area (Å²) in [6, 6.07) is 52.3. The lowest BCUT2D eigenvalue weighted by Gasteiger charge is -2.51. The van der Waals surface area contributed by atoms with Gasteiger partial charge in [-0.3, -0.25) is 0 Å². The van der Waals surface area contributed by atoms with Crippen molar-refractivity contribution in [2.75, 3.05) is 19.6 Å². The zero-order chi connectivity index (χ0) is 57.5. The van der Waals surface area contributed by atoms with Gasteiger partial charge in [-0.1, -0.05) is 195 Å². The lowest BCUT2D eigenvalue weighted by molar-refractivity contribution is 0.195. The summed E-state index contributed by atoms with van der Waals surface area (Å²) in [5.41, 5.74) is 27.9. The number of hydrogen-bond donors (Lipinski definition) is 0. The van der Waals surface area contributed by atoms with Gasteiger partial charge in [-0.25, -0.2) is 0 Å². The van der Waals surface area contributed by atoms with Crippen molar-refractivity contribution in [2.24, 2.45) is 0 Å². The van der Waals surface area contributed by atoms with Crippen LogP contribution < -0.4 is 36.0 Å². The topological polar surface area (TPSA) is 13.0 Å². The molecule has 0 N–H and O–H groups in total. The molecule has 4 atom stereocenters. The number of anilines is 10. The minimum Gasteiger partial charge on any atom is -0.334 e. The van der Waals surface area contributed by atoms with Crippen LogP contribution in [0.3, 0.4) is 0 Å². The average molecular weight is 1070 g/mol. The van der Waals surface area contributed by atoms with E-state index < -0.39 is 0 Å². The maximum absolute atomic E-state index is 2.87. The van der Waals surface area contributed by atoms with E-state index >= 15 is 0 Å². The fourth-order valence-electron chi connectivity index (χ4n) is 16.7. The molecule has 0 spiro atoms. The van der Waals surface area contributed by atoms with E-state index in [0.29, 0.717) is 0 Å². The molecule has 418 valence electrons. The lowest BCUT2D eigenvalue weighted by atomic mass is 9.33. The molecule has 6 aliphatic rings. The molecule has 0 radical (unpaired) electrons. The average Bonchev–Trinajstić information content (AvgIpc) is 1.96. The molecule has 2 fully saturated rings. The van der Waals surface area contributed by atoms with Gasteiger partial charge in [0, 0.05) is 67.7 Å². The number of rotatable bonds is 4. The molecule has 0 amide bonds. The molecule has 0 saturated heterocycles. The van der Waals surface area contributed by atoms with E-state index in [9.17, 15) is 0 Å². The summed E-state index contributed by atoms with van der Waals surface area (Å²) >= 11 is 0. The summed E-state index contributed by atoms with van der Waals surface area (Å²) in [7, 11) is 0. The highest BCUT2D eigenvalue weighted by Gasteiger charge is 2.60. The monoisotopic (exact) mass is 1070 g/mol. The van der Waals surface area contributed by atoms with E-state index in [-0.39, 0.29) is 50.3 Å². The number of aryl methyl sites for hydroxylation is 2. The number of nitrogens with zero attached hydrogens (tertiary/aromatic N) is 4. The molecular formula is C76H91BN4. The van der Waals surface area contributed by atoms with E-state index in [1.807, 2.05) is 0 Å². The van der Waals surface area contributed by atoms with Gasteiger partial charge in [0.2, 0.25) is 0 Å². The molecule has 4 unspecified atom stereocenters. The third kappa shape index (κ3) is 7.81. The maximum atomic E-state index is 2.87. The standard InChI is InChI=1S/C76H91BN4/c1-48-40-49(2)68-59(41-48)74(16)37-20-22-39-76(74,18)81(68)57-46-65-67-66(47-57)79(55-25-23-24-51(42-55)70(6,7)8)63-44-53(72(12,13)14)28-33-60(63)77(67)61-34-32-56(45-64(61)78(65)54-30-26-50(27-31-54)69(3,4)5)80-62-35-29-52(71(9,10)11)43-58(62)73(15)36-19-21-38-75(73,80)17/h23-35,40-47H,19-22,36-39H2,1-18H3. The highest BCUT2D eigenvalue weighted by molar-refractivity contribution is 7.00. The minimum atomic E-state index is -0.146. The highest BCUT2D eigenvalue weighted by Crippen LogP contribution is 2.64. The van der Waals surface area contributed by atoms with Gasteiger partial charge in [0.25, 0.3) is 6.71 Å². The first-order valence-electron chi connectivity index (χ1n) is 31.1. The van der Waals surface area contributed by atoms with Gasteiger partial charge in [0.15, 0.2) is 0 Å². The van der Waals surface area contributed by atoms with E-state index in [1.54, 1.807) is 0 Å². The summed E-state index contributed by atoms with van der Waals surface area (Å²) in [4.78, 5) is 11.1. The Balaban J connectivity index is 1.15. The molecule has 2 aliphatic carbocycles. The quantitative estimate of drug-likeness (QED) is 0.163. The zero-order valence-electron chi connectivity index (χ0n) is 52.6. The molecule has 81 heavy (non-hydrogen) atoms. The Hall–Kier alpha value is -6.20. The van der Waals surface area contributed by atoms with Gasteiger partial charge in [-0.15, -0.1) is 0 Å². The normalized spacial score (nSPS) is 23.9. The van der Waals surface area contributed by atoms with Crippen molar-refractivity contribution in [3.8, 4) is 0 Å². The third-order valence-electron chi connectivity index (χ3n) is 21.9. The van der Waals surface area contributed by atoms with Crippen LogP contribution in [0.4, 0.5) is 56.9 Å². The number of benzene rings is 7. The van der Waals surface area contributed by atoms with Gasteiger partial charge < -0.3 is 19.6 Å². The highest BCUT2D eigenvalue weighted by atomic mass is 15.3. The van der Waals surface area contributed by atoms with Gasteiger partial charge in [0.1, 0.15) is 0 Å². The van der Waals surface area contributed by atoms with Crippen molar-refractivity contribution in [2.45, 2.75) is 220 Å². The molecule has 0 bridgehead atoms. The molecule has 13 rings (SSSR count). The van der Waals surface area contributed by atoms with Gasteiger partial charge in [-0.05, 0) is 191 Å². The van der Waals surface area contributed by atoms with Crippen LogP contribution in [0.25, 0.3) is 0 Å². The first-order chi connectivity index (χ1) is 38.0. The van der Waals surface area contributed by atoms with E-state index in [1.165, 1.54) is 156 Å². The fraction of sp³-hybridized carbons (Fsp3) is 0.447. The van der Waals surface area contributed by atoms with Gasteiger partial charge in [-0.2, -0.15) is 0 Å². The Labute approximate surface area is 488 Å². The first-order valence-corrected chi connectivity index (χ1v) is 31.1. The van der Waals surface area contributed by atoms with E-state index in [4.69, 9.17) is 0 Å². The molecule has 5 heteroatoms. The largest absolute Gasteiger partial charge is 0.334 e. The minimum absolute atomic E-state index is 0.00384. The van der Waals surface area contributed by atoms with Crippen molar-refractivity contribution in [1.82, 2.24) is 0 Å². The van der Waals surface area contributed by atoms with E-state index in [0.717, 1.165) is 12.8 Å². The molecule has 7 aromatic carbocycles. The van der Waals surface area contributed by atoms with Crippen LogP contribution in [0, 0.1) is 13.8 Å². The van der Waals surface area contributed by atoms with Crippen LogP contribution in [0.5, 0.6) is 0 Å². The first kappa shape index (κ1) is 54.1. The second-order valence-electron chi connectivity index (χ2n) is 31.1. The van der Waals surface area contributed by atoms with Crippen LogP contribution in [0.1, 0.15) is 207 Å². The summed E-state index contributed by atoms with van der Waals surface area (Å²) < 4.78 is 0. The van der Waals surface area contributed by atoms with Crippen molar-refractivity contribution in [3.63, 3.8) is 0 Å². The number of hydrogen-bond acceptors (Lipinski definition) is 4. The second kappa shape index (κ2) is 17.7. The van der Waals surface area contributed by atoms with Crippen LogP contribution in [0.2, 0.25) is 0 Å². The SMILES string of the molecule is Cc1cc(C)c2c(c1)C1(C)CCCCC1(C)N2c1cc2c3c(c1)N(c1cccc(C(C)(C)C)c1)c1cc(C(C)(C)C)ccc1B3c1ccc(N3c4ccc(C(C)(C)C)cc4C4(C)CCCCC34C)cc1N2c1ccc(C(C)(C)C)cc1. The number of fused-ring (bicyclic) bond motifs is 10. The van der Waals surface area contributed by atoms with Gasteiger partial charge in [0.05, 0.1) is 11.1 Å². The summed E-state index contributed by atoms with van der Waals surface area (Å²) in [5, 5.41) is 0. The smallest absolute Gasteiger partial charge is 0.252 e. The second-order valence-corrected chi connectivity index (χ2v) is 31.1. The van der Waals surface area contributed by atoms with Crippen LogP contribution in [-0.2, 0) is 32.5 Å². The molecule has 2 saturated carbocycles. The Morgan fingerprint density at radius 1 is 0.383 bits per heavy atom. The van der Waals surface area contributed by atoms with Crippen molar-refractivity contribution < 1.29 is 0 Å². The molecule has 4 heterocycles. The third-order valence-corrected chi connectivity index (χ3v) is 21.9. The fourth-order valence-corrected chi connectivity index (χ4v) is 16.7. The van der Waals surface area contributed by atoms with Crippen LogP contribution in [0.15, 0.2) is 127 Å². The Kier molecular flexibility index (Phi) is 11.8. The van der Waals surface area contributed by atoms with Crippen LogP contribution >= 0.6 is 0 Å². The molecule has 4 aliphatic heterocycles. The lowest BCUT2D eigenvalue weighted by Crippen LogP contribution is -2.61.